The number of ether oxygens (including phenoxy) is 1. The van der Waals surface area contributed by atoms with E-state index < -0.39 is 12.0 Å². The SMILES string of the molecule is COCC(NC(C)CC(C)C)C(=O)O. The van der Waals surface area contributed by atoms with Crippen molar-refractivity contribution in [2.75, 3.05) is 13.7 Å². The lowest BCUT2D eigenvalue weighted by atomic mass is 10.0. The van der Waals surface area contributed by atoms with Gasteiger partial charge in [0.25, 0.3) is 0 Å². The van der Waals surface area contributed by atoms with E-state index in [9.17, 15) is 4.79 Å². The van der Waals surface area contributed by atoms with Crippen molar-refractivity contribution in [3.8, 4) is 0 Å². The summed E-state index contributed by atoms with van der Waals surface area (Å²) in [5.74, 6) is -0.294. The number of carbonyl (C=O) groups is 1. The molecule has 0 radical (unpaired) electrons. The predicted octanol–water partition coefficient (Wildman–Crippen LogP) is 1.11. The zero-order chi connectivity index (χ0) is 11.1. The molecule has 0 aliphatic carbocycles. The summed E-state index contributed by atoms with van der Waals surface area (Å²) in [5, 5.41) is 11.9. The van der Waals surface area contributed by atoms with Crippen LogP contribution in [0.1, 0.15) is 27.2 Å². The zero-order valence-electron chi connectivity index (χ0n) is 9.41. The van der Waals surface area contributed by atoms with E-state index in [1.807, 2.05) is 6.92 Å². The van der Waals surface area contributed by atoms with Crippen LogP contribution < -0.4 is 5.32 Å². The molecule has 0 spiro atoms. The van der Waals surface area contributed by atoms with Crippen molar-refractivity contribution >= 4 is 5.97 Å². The van der Waals surface area contributed by atoms with E-state index in [4.69, 9.17) is 9.84 Å². The van der Waals surface area contributed by atoms with Crippen molar-refractivity contribution < 1.29 is 14.6 Å². The third-order valence-electron chi connectivity index (χ3n) is 1.94. The Balaban J connectivity index is 3.95. The van der Waals surface area contributed by atoms with Crippen LogP contribution in [0.15, 0.2) is 0 Å². The minimum absolute atomic E-state index is 0.200. The van der Waals surface area contributed by atoms with Crippen LogP contribution in [0.3, 0.4) is 0 Å². The van der Waals surface area contributed by atoms with Gasteiger partial charge in [-0.25, -0.2) is 0 Å². The fraction of sp³-hybridized carbons (Fsp3) is 0.900. The monoisotopic (exact) mass is 203 g/mol. The molecule has 0 fully saturated rings. The van der Waals surface area contributed by atoms with Gasteiger partial charge in [-0.3, -0.25) is 10.1 Å². The average molecular weight is 203 g/mol. The number of aliphatic carboxylic acids is 1. The maximum Gasteiger partial charge on any atom is 0.323 e. The predicted molar refractivity (Wildman–Crippen MR) is 55.4 cm³/mol. The largest absolute Gasteiger partial charge is 0.480 e. The van der Waals surface area contributed by atoms with E-state index >= 15 is 0 Å². The molecule has 0 saturated carbocycles. The summed E-state index contributed by atoms with van der Waals surface area (Å²) in [6, 6.07) is -0.403. The lowest BCUT2D eigenvalue weighted by molar-refractivity contribution is -0.141. The second kappa shape index (κ2) is 6.79. The Bertz CT molecular complexity index is 171. The van der Waals surface area contributed by atoms with Gasteiger partial charge in [-0.05, 0) is 19.3 Å². The molecule has 4 nitrogen and oxygen atoms in total. The Morgan fingerprint density at radius 3 is 2.36 bits per heavy atom. The van der Waals surface area contributed by atoms with Crippen molar-refractivity contribution in [3.63, 3.8) is 0 Å². The molecule has 0 aromatic carbocycles. The summed E-state index contributed by atoms with van der Waals surface area (Å²) < 4.78 is 4.83. The van der Waals surface area contributed by atoms with Crippen LogP contribution in [0.2, 0.25) is 0 Å². The molecule has 84 valence electrons. The molecule has 0 aromatic heterocycles. The van der Waals surface area contributed by atoms with E-state index in [0.717, 1.165) is 6.42 Å². The number of hydrogen-bond donors (Lipinski definition) is 2. The maximum atomic E-state index is 10.8. The first-order valence-corrected chi connectivity index (χ1v) is 4.95. The molecule has 0 heterocycles. The van der Waals surface area contributed by atoms with Crippen LogP contribution in [-0.2, 0) is 9.53 Å². The third-order valence-corrected chi connectivity index (χ3v) is 1.94. The van der Waals surface area contributed by atoms with Gasteiger partial charge >= 0.3 is 5.97 Å². The van der Waals surface area contributed by atoms with Gasteiger partial charge in [0.2, 0.25) is 0 Å². The van der Waals surface area contributed by atoms with E-state index in [1.54, 1.807) is 0 Å². The molecule has 0 aromatic rings. The highest BCUT2D eigenvalue weighted by Crippen LogP contribution is 2.04. The van der Waals surface area contributed by atoms with E-state index in [-0.39, 0.29) is 12.6 Å². The lowest BCUT2D eigenvalue weighted by Crippen LogP contribution is -2.45. The van der Waals surface area contributed by atoms with Crippen LogP contribution in [0.5, 0.6) is 0 Å². The Labute approximate surface area is 85.6 Å². The molecule has 4 heteroatoms. The normalized spacial score (nSPS) is 15.5. The number of carboxylic acids is 1. The molecular formula is C10H21NO3. The van der Waals surface area contributed by atoms with Crippen LogP contribution in [-0.4, -0.2) is 36.9 Å². The van der Waals surface area contributed by atoms with Crippen molar-refractivity contribution in [2.24, 2.45) is 5.92 Å². The summed E-state index contributed by atoms with van der Waals surface area (Å²) >= 11 is 0. The Morgan fingerprint density at radius 2 is 2.00 bits per heavy atom. The molecule has 0 bridgehead atoms. The number of methoxy groups -OCH3 is 1. The molecule has 0 amide bonds. The van der Waals surface area contributed by atoms with E-state index in [1.165, 1.54) is 7.11 Å². The lowest BCUT2D eigenvalue weighted by Gasteiger charge is -2.20. The molecule has 0 rings (SSSR count). The number of carboxylic acid groups (broad SMARTS) is 1. The minimum Gasteiger partial charge on any atom is -0.480 e. The Kier molecular flexibility index (Phi) is 6.49. The van der Waals surface area contributed by atoms with E-state index in [0.29, 0.717) is 5.92 Å². The molecule has 2 atom stereocenters. The summed E-state index contributed by atoms with van der Waals surface area (Å²) in [4.78, 5) is 10.8. The Hall–Kier alpha value is -0.610. The van der Waals surface area contributed by atoms with Crippen LogP contribution in [0.25, 0.3) is 0 Å². The highest BCUT2D eigenvalue weighted by Gasteiger charge is 2.19. The first-order valence-electron chi connectivity index (χ1n) is 4.95. The zero-order valence-corrected chi connectivity index (χ0v) is 9.41. The third kappa shape index (κ3) is 5.94. The van der Waals surface area contributed by atoms with Gasteiger partial charge in [-0.1, -0.05) is 13.8 Å². The quantitative estimate of drug-likeness (QED) is 0.650. The van der Waals surface area contributed by atoms with Crippen LogP contribution >= 0.6 is 0 Å². The Morgan fingerprint density at radius 1 is 1.43 bits per heavy atom. The maximum absolute atomic E-state index is 10.8. The fourth-order valence-electron chi connectivity index (χ4n) is 1.48. The molecule has 0 aliphatic heterocycles. The van der Waals surface area contributed by atoms with E-state index in [2.05, 4.69) is 19.2 Å². The second-order valence-electron chi connectivity index (χ2n) is 4.04. The highest BCUT2D eigenvalue weighted by molar-refractivity contribution is 5.73. The van der Waals surface area contributed by atoms with Gasteiger partial charge in [0.1, 0.15) is 6.04 Å². The highest BCUT2D eigenvalue weighted by atomic mass is 16.5. The summed E-state index contributed by atoms with van der Waals surface area (Å²) in [6.45, 7) is 6.43. The van der Waals surface area contributed by atoms with Gasteiger partial charge in [-0.2, -0.15) is 0 Å². The van der Waals surface area contributed by atoms with Crippen molar-refractivity contribution in [1.82, 2.24) is 5.32 Å². The molecule has 0 aliphatic rings. The molecule has 2 N–H and O–H groups in total. The first-order chi connectivity index (χ1) is 6.47. The minimum atomic E-state index is -0.859. The first kappa shape index (κ1) is 13.4. The van der Waals surface area contributed by atoms with Crippen molar-refractivity contribution in [2.45, 2.75) is 39.3 Å². The fourth-order valence-corrected chi connectivity index (χ4v) is 1.48. The van der Waals surface area contributed by atoms with Crippen LogP contribution in [0, 0.1) is 5.92 Å². The average Bonchev–Trinajstić information content (AvgIpc) is 2.01. The standard InChI is InChI=1S/C10H21NO3/c1-7(2)5-8(3)11-9(6-14-4)10(12)13/h7-9,11H,5-6H2,1-4H3,(H,12,13). The molecule has 2 unspecified atom stereocenters. The summed E-state index contributed by atoms with van der Waals surface area (Å²) in [6.07, 6.45) is 0.966. The van der Waals surface area contributed by atoms with Crippen LogP contribution in [0.4, 0.5) is 0 Å². The number of hydrogen-bond acceptors (Lipinski definition) is 3. The topological polar surface area (TPSA) is 58.6 Å². The van der Waals surface area contributed by atoms with Crippen molar-refractivity contribution in [3.05, 3.63) is 0 Å². The van der Waals surface area contributed by atoms with Gasteiger partial charge in [0.15, 0.2) is 0 Å². The molecule has 14 heavy (non-hydrogen) atoms. The van der Waals surface area contributed by atoms with Crippen molar-refractivity contribution in [1.29, 1.82) is 0 Å². The number of rotatable bonds is 7. The van der Waals surface area contributed by atoms with Gasteiger partial charge in [0, 0.05) is 13.2 Å². The number of nitrogens with one attached hydrogen (secondary N) is 1. The summed E-state index contributed by atoms with van der Waals surface area (Å²) in [5.41, 5.74) is 0. The smallest absolute Gasteiger partial charge is 0.323 e. The summed E-state index contributed by atoms with van der Waals surface area (Å²) in [7, 11) is 1.50. The van der Waals surface area contributed by atoms with Gasteiger partial charge in [-0.15, -0.1) is 0 Å². The molecular weight excluding hydrogens is 182 g/mol. The van der Waals surface area contributed by atoms with Gasteiger partial charge in [0.05, 0.1) is 6.61 Å². The van der Waals surface area contributed by atoms with Gasteiger partial charge < -0.3 is 9.84 Å². The molecule has 0 saturated heterocycles. The second-order valence-corrected chi connectivity index (χ2v) is 4.04.